The number of benzene rings is 1. The predicted octanol–water partition coefficient (Wildman–Crippen LogP) is 2.75. The number of carbonyl (C=O) groups is 2. The van der Waals surface area contributed by atoms with Crippen LogP contribution in [0.1, 0.15) is 27.2 Å². The molecule has 0 spiro atoms. The number of rotatable bonds is 7. The lowest BCUT2D eigenvalue weighted by Crippen LogP contribution is -2.33. The number of nitrogens with one attached hydrogen (secondary N) is 1. The van der Waals surface area contributed by atoms with E-state index in [0.717, 1.165) is 5.75 Å². The number of hydrogen-bond donors (Lipinski definition) is 1. The van der Waals surface area contributed by atoms with Crippen molar-refractivity contribution in [2.45, 2.75) is 32.4 Å². The van der Waals surface area contributed by atoms with Crippen LogP contribution in [0.3, 0.4) is 0 Å². The second kappa shape index (κ2) is 8.73. The lowest BCUT2D eigenvalue weighted by molar-refractivity contribution is -0.128. The van der Waals surface area contributed by atoms with Crippen molar-refractivity contribution in [3.8, 4) is 5.75 Å². The molecular weight excluding hydrogens is 326 g/mol. The molecule has 0 radical (unpaired) electrons. The van der Waals surface area contributed by atoms with E-state index in [1.807, 2.05) is 20.8 Å². The van der Waals surface area contributed by atoms with Crippen LogP contribution < -0.4 is 10.1 Å². The van der Waals surface area contributed by atoms with Gasteiger partial charge >= 0.3 is 0 Å². The van der Waals surface area contributed by atoms with Gasteiger partial charge in [-0.1, -0.05) is 11.8 Å². The molecule has 130 valence electrons. The first kappa shape index (κ1) is 18.3. The van der Waals surface area contributed by atoms with Gasteiger partial charge in [0.05, 0.1) is 6.61 Å². The number of carbonyl (C=O) groups excluding carboxylic acids is 2. The standard InChI is InChI=1S/C17H23N3O3S/c1-4-18-17-20(5-2)16(22)14(24-17)11-15(21)19-12-7-9-13(10-8-12)23-6-3/h7-10,14H,4-6,11H2,1-3H3,(H,19,21)/t14-/m1/s1. The first-order valence-corrected chi connectivity index (χ1v) is 9.02. The second-order valence-electron chi connectivity index (χ2n) is 5.16. The zero-order valence-corrected chi connectivity index (χ0v) is 15.1. The molecule has 1 aromatic rings. The van der Waals surface area contributed by atoms with Gasteiger partial charge in [-0.25, -0.2) is 0 Å². The molecule has 1 aliphatic rings. The molecule has 1 heterocycles. The van der Waals surface area contributed by atoms with Crippen molar-refractivity contribution in [3.05, 3.63) is 24.3 Å². The molecule has 1 atom stereocenters. The summed E-state index contributed by atoms with van der Waals surface area (Å²) < 4.78 is 5.37. The van der Waals surface area contributed by atoms with Crippen molar-refractivity contribution in [1.29, 1.82) is 0 Å². The molecule has 7 heteroatoms. The molecule has 0 aromatic heterocycles. The van der Waals surface area contributed by atoms with Crippen LogP contribution >= 0.6 is 11.8 Å². The normalized spacial score (nSPS) is 19.0. The summed E-state index contributed by atoms with van der Waals surface area (Å²) in [6, 6.07) is 7.18. The summed E-state index contributed by atoms with van der Waals surface area (Å²) in [4.78, 5) is 30.5. The maximum absolute atomic E-state index is 12.4. The summed E-state index contributed by atoms with van der Waals surface area (Å²) in [7, 11) is 0. The Morgan fingerprint density at radius 3 is 2.58 bits per heavy atom. The van der Waals surface area contributed by atoms with Crippen molar-refractivity contribution in [2.75, 3.05) is 25.0 Å². The Kier molecular flexibility index (Phi) is 6.66. The van der Waals surface area contributed by atoms with Crippen LogP contribution in [-0.4, -0.2) is 46.8 Å². The molecule has 1 saturated heterocycles. The maximum atomic E-state index is 12.4. The van der Waals surface area contributed by atoms with Gasteiger partial charge in [0.15, 0.2) is 5.17 Å². The lowest BCUT2D eigenvalue weighted by Gasteiger charge is -2.13. The summed E-state index contributed by atoms with van der Waals surface area (Å²) in [5.41, 5.74) is 0.689. The second-order valence-corrected chi connectivity index (χ2v) is 6.33. The third-order valence-electron chi connectivity index (χ3n) is 3.45. The van der Waals surface area contributed by atoms with Gasteiger partial charge in [-0.15, -0.1) is 0 Å². The van der Waals surface area contributed by atoms with E-state index in [9.17, 15) is 9.59 Å². The molecule has 6 nitrogen and oxygen atoms in total. The number of nitrogens with zero attached hydrogens (tertiary/aromatic N) is 2. The Morgan fingerprint density at radius 1 is 1.29 bits per heavy atom. The number of amidine groups is 1. The summed E-state index contributed by atoms with van der Waals surface area (Å²) in [6.45, 7) is 7.55. The zero-order valence-electron chi connectivity index (χ0n) is 14.2. The Balaban J connectivity index is 1.94. The monoisotopic (exact) mass is 349 g/mol. The van der Waals surface area contributed by atoms with Gasteiger partial charge in [0.1, 0.15) is 11.0 Å². The average molecular weight is 349 g/mol. The van der Waals surface area contributed by atoms with Crippen LogP contribution in [0.25, 0.3) is 0 Å². The van der Waals surface area contributed by atoms with Crippen LogP contribution in [0, 0.1) is 0 Å². The van der Waals surface area contributed by atoms with Gasteiger partial charge in [0.2, 0.25) is 11.8 Å². The minimum atomic E-state index is -0.405. The lowest BCUT2D eigenvalue weighted by atomic mass is 10.2. The fraction of sp³-hybridized carbons (Fsp3) is 0.471. The molecule has 0 bridgehead atoms. The van der Waals surface area contributed by atoms with E-state index in [1.165, 1.54) is 11.8 Å². The third-order valence-corrected chi connectivity index (χ3v) is 4.66. The van der Waals surface area contributed by atoms with E-state index in [1.54, 1.807) is 29.2 Å². The van der Waals surface area contributed by atoms with Gasteiger partial charge < -0.3 is 10.1 Å². The molecule has 2 rings (SSSR count). The predicted molar refractivity (Wildman–Crippen MR) is 97.6 cm³/mol. The number of anilines is 1. The maximum Gasteiger partial charge on any atom is 0.242 e. The van der Waals surface area contributed by atoms with Crippen molar-refractivity contribution < 1.29 is 14.3 Å². The van der Waals surface area contributed by atoms with E-state index in [0.29, 0.717) is 30.6 Å². The molecule has 1 aromatic carbocycles. The molecule has 24 heavy (non-hydrogen) atoms. The first-order chi connectivity index (χ1) is 11.6. The van der Waals surface area contributed by atoms with Gasteiger partial charge in [0.25, 0.3) is 0 Å². The van der Waals surface area contributed by atoms with Crippen LogP contribution in [0.15, 0.2) is 29.3 Å². The highest BCUT2D eigenvalue weighted by Crippen LogP contribution is 2.29. The van der Waals surface area contributed by atoms with Crippen molar-refractivity contribution >= 4 is 34.4 Å². The van der Waals surface area contributed by atoms with Crippen molar-refractivity contribution in [2.24, 2.45) is 4.99 Å². The van der Waals surface area contributed by atoms with Gasteiger partial charge in [-0.2, -0.15) is 0 Å². The number of ether oxygens (including phenoxy) is 1. The highest BCUT2D eigenvalue weighted by Gasteiger charge is 2.37. The summed E-state index contributed by atoms with van der Waals surface area (Å²) in [5, 5.41) is 3.13. The molecule has 2 amide bonds. The van der Waals surface area contributed by atoms with Crippen LogP contribution in [-0.2, 0) is 9.59 Å². The van der Waals surface area contributed by atoms with Gasteiger partial charge in [-0.05, 0) is 45.0 Å². The molecule has 0 aliphatic carbocycles. The zero-order chi connectivity index (χ0) is 17.5. The van der Waals surface area contributed by atoms with Crippen LogP contribution in [0.2, 0.25) is 0 Å². The Labute approximate surface area is 146 Å². The molecular formula is C17H23N3O3S. The van der Waals surface area contributed by atoms with Crippen LogP contribution in [0.4, 0.5) is 5.69 Å². The molecule has 1 aliphatic heterocycles. The Morgan fingerprint density at radius 2 is 2.00 bits per heavy atom. The van der Waals surface area contributed by atoms with E-state index < -0.39 is 5.25 Å². The van der Waals surface area contributed by atoms with Crippen molar-refractivity contribution in [3.63, 3.8) is 0 Å². The number of thioether (sulfide) groups is 1. The van der Waals surface area contributed by atoms with Crippen molar-refractivity contribution in [1.82, 2.24) is 4.90 Å². The summed E-state index contributed by atoms with van der Waals surface area (Å²) in [5.74, 6) is 0.534. The van der Waals surface area contributed by atoms with E-state index in [2.05, 4.69) is 10.3 Å². The number of hydrogen-bond acceptors (Lipinski definition) is 5. The number of aliphatic imine (C=N–C) groups is 1. The molecule has 0 unspecified atom stereocenters. The quantitative estimate of drug-likeness (QED) is 0.822. The smallest absolute Gasteiger partial charge is 0.242 e. The average Bonchev–Trinajstić information content (AvgIpc) is 2.85. The molecule has 1 N–H and O–H groups in total. The van der Waals surface area contributed by atoms with E-state index >= 15 is 0 Å². The molecule has 1 fully saturated rings. The first-order valence-electron chi connectivity index (χ1n) is 8.14. The van der Waals surface area contributed by atoms with Gasteiger partial charge in [-0.3, -0.25) is 19.5 Å². The van der Waals surface area contributed by atoms with E-state index in [4.69, 9.17) is 4.74 Å². The molecule has 0 saturated carbocycles. The highest BCUT2D eigenvalue weighted by atomic mass is 32.2. The minimum absolute atomic E-state index is 0.0449. The largest absolute Gasteiger partial charge is 0.494 e. The summed E-state index contributed by atoms with van der Waals surface area (Å²) >= 11 is 1.37. The Bertz CT molecular complexity index is 616. The third kappa shape index (κ3) is 4.50. The summed E-state index contributed by atoms with van der Waals surface area (Å²) in [6.07, 6.45) is 0.135. The topological polar surface area (TPSA) is 71.0 Å². The fourth-order valence-electron chi connectivity index (χ4n) is 2.37. The minimum Gasteiger partial charge on any atom is -0.494 e. The fourth-order valence-corrected chi connectivity index (χ4v) is 3.64. The Hall–Kier alpha value is -2.02. The SMILES string of the molecule is CCN=C1S[C@H](CC(=O)Nc2ccc(OCC)cc2)C(=O)N1CC. The van der Waals surface area contributed by atoms with Gasteiger partial charge in [0, 0.05) is 25.2 Å². The number of amides is 2. The van der Waals surface area contributed by atoms with Crippen LogP contribution in [0.5, 0.6) is 5.75 Å². The highest BCUT2D eigenvalue weighted by molar-refractivity contribution is 8.15. The van der Waals surface area contributed by atoms with E-state index in [-0.39, 0.29) is 18.2 Å².